The smallest absolute Gasteiger partial charge is 0.321 e. The third-order valence-electron chi connectivity index (χ3n) is 3.70. The SMILES string of the molecule is COc1ccc(OC)c([C@@H](C)N[C@@H](C)C(=O)NC(=O)NCC(C)C)c1. The van der Waals surface area contributed by atoms with Crippen LogP contribution in [0.2, 0.25) is 0 Å². The van der Waals surface area contributed by atoms with Crippen LogP contribution in [0.4, 0.5) is 4.79 Å². The van der Waals surface area contributed by atoms with Crippen molar-refractivity contribution in [2.45, 2.75) is 39.8 Å². The molecule has 0 radical (unpaired) electrons. The first-order valence-electron chi connectivity index (χ1n) is 8.35. The zero-order valence-corrected chi connectivity index (χ0v) is 15.8. The molecule has 0 aliphatic carbocycles. The van der Waals surface area contributed by atoms with Crippen molar-refractivity contribution in [3.05, 3.63) is 23.8 Å². The number of ether oxygens (including phenoxy) is 2. The Bertz CT molecular complexity index is 590. The molecule has 0 bridgehead atoms. The number of urea groups is 1. The second-order valence-electron chi connectivity index (χ2n) is 6.31. The van der Waals surface area contributed by atoms with Gasteiger partial charge in [0.25, 0.3) is 0 Å². The van der Waals surface area contributed by atoms with E-state index in [9.17, 15) is 9.59 Å². The summed E-state index contributed by atoms with van der Waals surface area (Å²) in [6, 6.07) is 4.26. The third-order valence-corrected chi connectivity index (χ3v) is 3.70. The molecule has 1 aromatic carbocycles. The van der Waals surface area contributed by atoms with Gasteiger partial charge < -0.3 is 14.8 Å². The molecule has 3 N–H and O–H groups in total. The molecule has 0 aromatic heterocycles. The highest BCUT2D eigenvalue weighted by Crippen LogP contribution is 2.29. The van der Waals surface area contributed by atoms with Gasteiger partial charge in [-0.3, -0.25) is 15.4 Å². The summed E-state index contributed by atoms with van der Waals surface area (Å²) in [5, 5.41) is 8.15. The van der Waals surface area contributed by atoms with E-state index in [0.717, 1.165) is 5.56 Å². The predicted octanol–water partition coefficient (Wildman–Crippen LogP) is 2.22. The summed E-state index contributed by atoms with van der Waals surface area (Å²) in [6.07, 6.45) is 0. The highest BCUT2D eigenvalue weighted by molar-refractivity contribution is 5.96. The molecule has 0 unspecified atom stereocenters. The van der Waals surface area contributed by atoms with E-state index < -0.39 is 18.0 Å². The number of hydrogen-bond donors (Lipinski definition) is 3. The number of benzene rings is 1. The van der Waals surface area contributed by atoms with Crippen LogP contribution in [-0.2, 0) is 4.79 Å². The molecule has 0 fully saturated rings. The van der Waals surface area contributed by atoms with Crippen molar-refractivity contribution < 1.29 is 19.1 Å². The number of rotatable bonds is 8. The summed E-state index contributed by atoms with van der Waals surface area (Å²) in [6.45, 7) is 8.09. The molecule has 2 atom stereocenters. The van der Waals surface area contributed by atoms with Crippen molar-refractivity contribution in [2.24, 2.45) is 5.92 Å². The highest BCUT2D eigenvalue weighted by atomic mass is 16.5. The number of carbonyl (C=O) groups is 2. The van der Waals surface area contributed by atoms with E-state index in [1.807, 2.05) is 39.0 Å². The first kappa shape index (κ1) is 20.8. The van der Waals surface area contributed by atoms with Crippen LogP contribution in [0.1, 0.15) is 39.3 Å². The summed E-state index contributed by atoms with van der Waals surface area (Å²) in [4.78, 5) is 23.8. The lowest BCUT2D eigenvalue weighted by molar-refractivity contribution is -0.121. The van der Waals surface area contributed by atoms with Crippen molar-refractivity contribution in [3.63, 3.8) is 0 Å². The molecule has 1 rings (SSSR count). The number of carbonyl (C=O) groups excluding carboxylic acids is 2. The third kappa shape index (κ3) is 6.62. The molecule has 0 heterocycles. The average molecular weight is 351 g/mol. The minimum Gasteiger partial charge on any atom is -0.497 e. The quantitative estimate of drug-likeness (QED) is 0.668. The maximum Gasteiger partial charge on any atom is 0.321 e. The molecular weight excluding hydrogens is 322 g/mol. The molecule has 1 aromatic rings. The topological polar surface area (TPSA) is 88.7 Å². The highest BCUT2D eigenvalue weighted by Gasteiger charge is 2.20. The molecule has 7 heteroatoms. The van der Waals surface area contributed by atoms with E-state index in [1.165, 1.54) is 0 Å². The lowest BCUT2D eigenvalue weighted by Gasteiger charge is -2.22. The van der Waals surface area contributed by atoms with Crippen LogP contribution in [-0.4, -0.2) is 38.7 Å². The Morgan fingerprint density at radius 1 is 1.08 bits per heavy atom. The lowest BCUT2D eigenvalue weighted by atomic mass is 10.1. The fourth-order valence-electron chi connectivity index (χ4n) is 2.28. The van der Waals surface area contributed by atoms with Crippen molar-refractivity contribution in [3.8, 4) is 11.5 Å². The van der Waals surface area contributed by atoms with E-state index >= 15 is 0 Å². The molecule has 0 saturated carbocycles. The molecule has 0 aliphatic heterocycles. The van der Waals surface area contributed by atoms with Crippen LogP contribution < -0.4 is 25.4 Å². The first-order chi connectivity index (χ1) is 11.8. The van der Waals surface area contributed by atoms with E-state index in [0.29, 0.717) is 24.0 Å². The molecule has 7 nitrogen and oxygen atoms in total. The molecule has 0 spiro atoms. The summed E-state index contributed by atoms with van der Waals surface area (Å²) >= 11 is 0. The van der Waals surface area contributed by atoms with Crippen molar-refractivity contribution >= 4 is 11.9 Å². The number of imide groups is 1. The van der Waals surface area contributed by atoms with Gasteiger partial charge in [-0.15, -0.1) is 0 Å². The van der Waals surface area contributed by atoms with Crippen molar-refractivity contribution in [1.29, 1.82) is 0 Å². The van der Waals surface area contributed by atoms with Gasteiger partial charge in [0.15, 0.2) is 0 Å². The maximum absolute atomic E-state index is 12.2. The number of amides is 3. The van der Waals surface area contributed by atoms with Gasteiger partial charge in [0.2, 0.25) is 5.91 Å². The minimum absolute atomic E-state index is 0.176. The second kappa shape index (κ2) is 9.88. The maximum atomic E-state index is 12.2. The first-order valence-corrected chi connectivity index (χ1v) is 8.35. The van der Waals surface area contributed by atoms with Gasteiger partial charge in [-0.1, -0.05) is 13.8 Å². The zero-order valence-electron chi connectivity index (χ0n) is 15.8. The van der Waals surface area contributed by atoms with Gasteiger partial charge in [-0.2, -0.15) is 0 Å². The van der Waals surface area contributed by atoms with Crippen LogP contribution >= 0.6 is 0 Å². The average Bonchev–Trinajstić information content (AvgIpc) is 2.58. The Hall–Kier alpha value is -2.28. The molecule has 0 aliphatic rings. The molecule has 25 heavy (non-hydrogen) atoms. The minimum atomic E-state index is -0.560. The van der Waals surface area contributed by atoms with Crippen LogP contribution in [0.15, 0.2) is 18.2 Å². The lowest BCUT2D eigenvalue weighted by Crippen LogP contribution is -2.49. The van der Waals surface area contributed by atoms with Gasteiger partial charge in [-0.05, 0) is 38.0 Å². The van der Waals surface area contributed by atoms with Gasteiger partial charge in [0.1, 0.15) is 11.5 Å². The van der Waals surface area contributed by atoms with E-state index in [4.69, 9.17) is 9.47 Å². The molecule has 0 saturated heterocycles. The summed E-state index contributed by atoms with van der Waals surface area (Å²) in [7, 11) is 3.18. The summed E-state index contributed by atoms with van der Waals surface area (Å²) in [5.74, 6) is 1.32. The van der Waals surface area contributed by atoms with Crippen LogP contribution in [0.25, 0.3) is 0 Å². The number of hydrogen-bond acceptors (Lipinski definition) is 5. The summed E-state index contributed by atoms with van der Waals surface area (Å²) in [5.41, 5.74) is 0.866. The Balaban J connectivity index is 2.68. The Labute approximate surface area is 149 Å². The molecule has 140 valence electrons. The fraction of sp³-hybridized carbons (Fsp3) is 0.556. The fourth-order valence-corrected chi connectivity index (χ4v) is 2.28. The monoisotopic (exact) mass is 351 g/mol. The normalized spacial score (nSPS) is 13.1. The van der Waals surface area contributed by atoms with Crippen molar-refractivity contribution in [1.82, 2.24) is 16.0 Å². The van der Waals surface area contributed by atoms with E-state index in [-0.39, 0.29) is 6.04 Å². The van der Waals surface area contributed by atoms with Gasteiger partial charge in [0.05, 0.1) is 20.3 Å². The zero-order chi connectivity index (χ0) is 19.0. The standard InChI is InChI=1S/C18H29N3O4/c1-11(2)10-19-18(23)21-17(22)13(4)20-12(3)15-9-14(24-5)7-8-16(15)25-6/h7-9,11-13,20H,10H2,1-6H3,(H2,19,21,22,23)/t12-,13+/m1/s1. The number of nitrogens with one attached hydrogen (secondary N) is 3. The molecular formula is C18H29N3O4. The van der Waals surface area contributed by atoms with Crippen LogP contribution in [0, 0.1) is 5.92 Å². The van der Waals surface area contributed by atoms with Gasteiger partial charge in [-0.25, -0.2) is 4.79 Å². The number of methoxy groups -OCH3 is 2. The largest absolute Gasteiger partial charge is 0.497 e. The van der Waals surface area contributed by atoms with Crippen LogP contribution in [0.5, 0.6) is 11.5 Å². The van der Waals surface area contributed by atoms with Gasteiger partial charge in [0, 0.05) is 18.2 Å². The van der Waals surface area contributed by atoms with Gasteiger partial charge >= 0.3 is 6.03 Å². The molecule has 3 amide bonds. The Morgan fingerprint density at radius 3 is 2.32 bits per heavy atom. The van der Waals surface area contributed by atoms with E-state index in [2.05, 4.69) is 16.0 Å². The Morgan fingerprint density at radius 2 is 1.76 bits per heavy atom. The predicted molar refractivity (Wildman–Crippen MR) is 96.9 cm³/mol. The van der Waals surface area contributed by atoms with Crippen molar-refractivity contribution in [2.75, 3.05) is 20.8 Å². The second-order valence-corrected chi connectivity index (χ2v) is 6.31. The van der Waals surface area contributed by atoms with Crippen LogP contribution in [0.3, 0.4) is 0 Å². The summed E-state index contributed by atoms with van der Waals surface area (Å²) < 4.78 is 10.6. The Kier molecular flexibility index (Phi) is 8.21. The van der Waals surface area contributed by atoms with E-state index in [1.54, 1.807) is 21.1 Å².